The fourth-order valence-electron chi connectivity index (χ4n) is 2.52. The van der Waals surface area contributed by atoms with Crippen molar-refractivity contribution in [3.05, 3.63) is 64.7 Å². The minimum absolute atomic E-state index is 0.689. The second-order valence-corrected chi connectivity index (χ2v) is 5.90. The lowest BCUT2D eigenvalue weighted by Gasteiger charge is -2.23. The molecule has 1 fully saturated rings. The number of nitrogens with two attached hydrogens (primary N) is 1. The molecule has 0 aromatic heterocycles. The van der Waals surface area contributed by atoms with Crippen molar-refractivity contribution < 1.29 is 0 Å². The number of nitrogens with zero attached hydrogens (tertiary/aromatic N) is 1. The van der Waals surface area contributed by atoms with Gasteiger partial charge in [-0.05, 0) is 42.2 Å². The number of benzene rings is 2. The van der Waals surface area contributed by atoms with Crippen molar-refractivity contribution in [2.75, 3.05) is 5.73 Å². The van der Waals surface area contributed by atoms with E-state index in [1.807, 2.05) is 30.3 Å². The van der Waals surface area contributed by atoms with Crippen molar-refractivity contribution in [2.24, 2.45) is 0 Å². The lowest BCUT2D eigenvalue weighted by Crippen LogP contribution is -2.25. The summed E-state index contributed by atoms with van der Waals surface area (Å²) in [5.41, 5.74) is 9.41. The Morgan fingerprint density at radius 2 is 1.85 bits per heavy atom. The number of anilines is 1. The van der Waals surface area contributed by atoms with Crippen LogP contribution >= 0.6 is 11.6 Å². The fraction of sp³-hybridized carbons (Fsp3) is 0.294. The van der Waals surface area contributed by atoms with E-state index in [0.717, 1.165) is 23.8 Å². The van der Waals surface area contributed by atoms with Crippen LogP contribution in [0.1, 0.15) is 24.0 Å². The van der Waals surface area contributed by atoms with E-state index in [9.17, 15) is 0 Å². The van der Waals surface area contributed by atoms with Crippen LogP contribution in [-0.4, -0.2) is 10.9 Å². The first-order chi connectivity index (χ1) is 9.72. The van der Waals surface area contributed by atoms with Crippen molar-refractivity contribution in [3.63, 3.8) is 0 Å². The normalized spacial score (nSPS) is 14.7. The van der Waals surface area contributed by atoms with E-state index < -0.39 is 0 Å². The predicted octanol–water partition coefficient (Wildman–Crippen LogP) is 4.09. The van der Waals surface area contributed by atoms with Gasteiger partial charge in [0.25, 0.3) is 0 Å². The Labute approximate surface area is 125 Å². The molecule has 0 atom stereocenters. The highest BCUT2D eigenvalue weighted by Gasteiger charge is 2.29. The summed E-state index contributed by atoms with van der Waals surface area (Å²) in [6, 6.07) is 16.9. The number of hydrogen-bond donors (Lipinski definition) is 1. The Morgan fingerprint density at radius 3 is 2.55 bits per heavy atom. The van der Waals surface area contributed by atoms with E-state index in [2.05, 4.69) is 23.1 Å². The van der Waals surface area contributed by atoms with Gasteiger partial charge in [-0.1, -0.05) is 41.9 Å². The van der Waals surface area contributed by atoms with Crippen LogP contribution in [0.2, 0.25) is 5.02 Å². The van der Waals surface area contributed by atoms with Gasteiger partial charge in [0.2, 0.25) is 0 Å². The maximum atomic E-state index is 6.07. The third-order valence-electron chi connectivity index (χ3n) is 3.77. The largest absolute Gasteiger partial charge is 0.398 e. The van der Waals surface area contributed by atoms with Gasteiger partial charge in [0.1, 0.15) is 0 Å². The first-order valence-electron chi connectivity index (χ1n) is 7.04. The second kappa shape index (κ2) is 5.86. The molecule has 20 heavy (non-hydrogen) atoms. The first-order valence-corrected chi connectivity index (χ1v) is 7.42. The Balaban J connectivity index is 1.75. The second-order valence-electron chi connectivity index (χ2n) is 5.46. The van der Waals surface area contributed by atoms with Crippen LogP contribution in [0.25, 0.3) is 0 Å². The Morgan fingerprint density at radius 1 is 1.05 bits per heavy atom. The quantitative estimate of drug-likeness (QED) is 0.839. The van der Waals surface area contributed by atoms with Crippen LogP contribution < -0.4 is 5.73 Å². The van der Waals surface area contributed by atoms with Crippen LogP contribution in [0.15, 0.2) is 48.5 Å². The average molecular weight is 287 g/mol. The summed E-state index contributed by atoms with van der Waals surface area (Å²) >= 11 is 6.07. The van der Waals surface area contributed by atoms with E-state index in [1.54, 1.807) is 0 Å². The third-order valence-corrected chi connectivity index (χ3v) is 4.00. The van der Waals surface area contributed by atoms with Crippen molar-refractivity contribution in [1.29, 1.82) is 0 Å². The summed E-state index contributed by atoms with van der Waals surface area (Å²) in [4.78, 5) is 2.50. The maximum absolute atomic E-state index is 6.07. The van der Waals surface area contributed by atoms with Crippen molar-refractivity contribution in [3.8, 4) is 0 Å². The minimum atomic E-state index is 0.689. The SMILES string of the molecule is Nc1ccccc1CN(Cc1cccc(Cl)c1)C1CC1. The van der Waals surface area contributed by atoms with Gasteiger partial charge < -0.3 is 5.73 Å². The monoisotopic (exact) mass is 286 g/mol. The van der Waals surface area contributed by atoms with Crippen molar-refractivity contribution in [2.45, 2.75) is 32.0 Å². The van der Waals surface area contributed by atoms with Crippen LogP contribution in [0.4, 0.5) is 5.69 Å². The van der Waals surface area contributed by atoms with Crippen molar-refractivity contribution >= 4 is 17.3 Å². The smallest absolute Gasteiger partial charge is 0.0409 e. The van der Waals surface area contributed by atoms with E-state index in [1.165, 1.54) is 24.0 Å². The lowest BCUT2D eigenvalue weighted by atomic mass is 10.1. The fourth-order valence-corrected chi connectivity index (χ4v) is 2.73. The average Bonchev–Trinajstić information content (AvgIpc) is 3.25. The number of nitrogen functional groups attached to an aromatic ring is 1. The van der Waals surface area contributed by atoms with Crippen molar-refractivity contribution in [1.82, 2.24) is 4.90 Å². The van der Waals surface area contributed by atoms with Crippen LogP contribution in [0.3, 0.4) is 0 Å². The van der Waals surface area contributed by atoms with Crippen LogP contribution in [0, 0.1) is 0 Å². The molecule has 0 saturated heterocycles. The molecule has 0 amide bonds. The number of para-hydroxylation sites is 1. The molecule has 2 N–H and O–H groups in total. The first kappa shape index (κ1) is 13.5. The zero-order valence-electron chi connectivity index (χ0n) is 11.4. The van der Waals surface area contributed by atoms with Gasteiger partial charge in [0.15, 0.2) is 0 Å². The number of halogens is 1. The third kappa shape index (κ3) is 3.33. The van der Waals surface area contributed by atoms with Crippen LogP contribution in [-0.2, 0) is 13.1 Å². The summed E-state index contributed by atoms with van der Waals surface area (Å²) < 4.78 is 0. The molecule has 0 heterocycles. The molecule has 104 valence electrons. The maximum Gasteiger partial charge on any atom is 0.0409 e. The van der Waals surface area contributed by atoms with Crippen LogP contribution in [0.5, 0.6) is 0 Å². The molecular weight excluding hydrogens is 268 g/mol. The van der Waals surface area contributed by atoms with E-state index in [-0.39, 0.29) is 0 Å². The van der Waals surface area contributed by atoms with Gasteiger partial charge in [0.05, 0.1) is 0 Å². The van der Waals surface area contributed by atoms with Gasteiger partial charge in [-0.15, -0.1) is 0 Å². The highest BCUT2D eigenvalue weighted by molar-refractivity contribution is 6.30. The summed E-state index contributed by atoms with van der Waals surface area (Å²) in [6.07, 6.45) is 2.57. The molecule has 3 heteroatoms. The zero-order valence-corrected chi connectivity index (χ0v) is 12.2. The molecule has 2 nitrogen and oxygen atoms in total. The highest BCUT2D eigenvalue weighted by Crippen LogP contribution is 2.31. The molecule has 0 spiro atoms. The molecule has 0 unspecified atom stereocenters. The standard InChI is InChI=1S/C17H19ClN2/c18-15-6-3-4-13(10-15)11-20(16-8-9-16)12-14-5-1-2-7-17(14)19/h1-7,10,16H,8-9,11-12,19H2. The van der Waals surface area contributed by atoms with Gasteiger partial charge in [-0.3, -0.25) is 4.90 Å². The Hall–Kier alpha value is -1.51. The summed E-state index contributed by atoms with van der Waals surface area (Å²) in [7, 11) is 0. The van der Waals surface area contributed by atoms with Gasteiger partial charge >= 0.3 is 0 Å². The highest BCUT2D eigenvalue weighted by atomic mass is 35.5. The topological polar surface area (TPSA) is 29.3 Å². The summed E-state index contributed by atoms with van der Waals surface area (Å²) in [5, 5.41) is 0.803. The Kier molecular flexibility index (Phi) is 3.95. The molecule has 2 aromatic rings. The molecular formula is C17H19ClN2. The van der Waals surface area contributed by atoms with Gasteiger partial charge in [-0.25, -0.2) is 0 Å². The lowest BCUT2D eigenvalue weighted by molar-refractivity contribution is 0.246. The molecule has 0 aliphatic heterocycles. The molecule has 3 rings (SSSR count). The molecule has 1 aliphatic rings. The molecule has 1 aliphatic carbocycles. The molecule has 0 bridgehead atoms. The summed E-state index contributed by atoms with van der Waals surface area (Å²) in [5.74, 6) is 0. The molecule has 0 radical (unpaired) electrons. The molecule has 1 saturated carbocycles. The Bertz CT molecular complexity index is 593. The zero-order chi connectivity index (χ0) is 13.9. The van der Waals surface area contributed by atoms with Gasteiger partial charge in [0, 0.05) is 29.8 Å². The number of rotatable bonds is 5. The van der Waals surface area contributed by atoms with E-state index in [4.69, 9.17) is 17.3 Å². The summed E-state index contributed by atoms with van der Waals surface area (Å²) in [6.45, 7) is 1.84. The van der Waals surface area contributed by atoms with Gasteiger partial charge in [-0.2, -0.15) is 0 Å². The number of hydrogen-bond acceptors (Lipinski definition) is 2. The predicted molar refractivity (Wildman–Crippen MR) is 84.6 cm³/mol. The molecule has 2 aromatic carbocycles. The van der Waals surface area contributed by atoms with E-state index >= 15 is 0 Å². The minimum Gasteiger partial charge on any atom is -0.398 e. The van der Waals surface area contributed by atoms with E-state index in [0.29, 0.717) is 6.04 Å².